The predicted octanol–water partition coefficient (Wildman–Crippen LogP) is 2.14. The Labute approximate surface area is 142 Å². The molecule has 0 unspecified atom stereocenters. The van der Waals surface area contributed by atoms with Crippen LogP contribution in [0.1, 0.15) is 24.3 Å². The molecule has 1 aromatic heterocycles. The average molecular weight is 328 g/mol. The Morgan fingerprint density at radius 1 is 1.17 bits per heavy atom. The molecule has 6 heteroatoms. The Hall–Kier alpha value is -2.21. The first-order chi connectivity index (χ1) is 11.6. The summed E-state index contributed by atoms with van der Waals surface area (Å²) in [6, 6.07) is 8.03. The van der Waals surface area contributed by atoms with Gasteiger partial charge < -0.3 is 14.3 Å². The van der Waals surface area contributed by atoms with Crippen LogP contribution in [0.4, 0.5) is 0 Å². The van der Waals surface area contributed by atoms with E-state index in [9.17, 15) is 4.79 Å². The highest BCUT2D eigenvalue weighted by Gasteiger charge is 2.18. The van der Waals surface area contributed by atoms with E-state index in [-0.39, 0.29) is 5.91 Å². The molecule has 1 aliphatic heterocycles. The number of carbonyl (C=O) groups is 1. The van der Waals surface area contributed by atoms with Gasteiger partial charge in [0.25, 0.3) is 0 Å². The van der Waals surface area contributed by atoms with E-state index in [1.165, 1.54) is 5.56 Å². The molecule has 128 valence electrons. The maximum absolute atomic E-state index is 12.2. The molecule has 1 aliphatic rings. The lowest BCUT2D eigenvalue weighted by molar-refractivity contribution is -0.132. The summed E-state index contributed by atoms with van der Waals surface area (Å²) in [6.07, 6.45) is 1.91. The van der Waals surface area contributed by atoms with Crippen molar-refractivity contribution in [2.75, 3.05) is 33.2 Å². The molecule has 1 saturated heterocycles. The van der Waals surface area contributed by atoms with Gasteiger partial charge in [-0.1, -0.05) is 35.0 Å². The van der Waals surface area contributed by atoms with E-state index in [2.05, 4.69) is 22.1 Å². The minimum atomic E-state index is 0.223. The zero-order chi connectivity index (χ0) is 16.9. The first-order valence-corrected chi connectivity index (χ1v) is 8.48. The zero-order valence-electron chi connectivity index (χ0n) is 14.4. The van der Waals surface area contributed by atoms with E-state index >= 15 is 0 Å². The van der Waals surface area contributed by atoms with Crippen molar-refractivity contribution in [2.45, 2.75) is 26.2 Å². The van der Waals surface area contributed by atoms with E-state index in [0.717, 1.165) is 38.2 Å². The second-order valence-electron chi connectivity index (χ2n) is 6.42. The fourth-order valence-electron chi connectivity index (χ4n) is 2.78. The molecule has 0 aliphatic carbocycles. The van der Waals surface area contributed by atoms with Crippen molar-refractivity contribution < 1.29 is 9.32 Å². The first-order valence-electron chi connectivity index (χ1n) is 8.48. The van der Waals surface area contributed by atoms with Crippen LogP contribution in [0, 0.1) is 6.92 Å². The third-order valence-electron chi connectivity index (χ3n) is 4.42. The lowest BCUT2D eigenvalue weighted by atomic mass is 10.1. The van der Waals surface area contributed by atoms with Gasteiger partial charge in [-0.3, -0.25) is 4.79 Å². The van der Waals surface area contributed by atoms with Crippen LogP contribution >= 0.6 is 0 Å². The summed E-state index contributed by atoms with van der Waals surface area (Å²) >= 11 is 0. The molecule has 3 rings (SSSR count). The van der Waals surface area contributed by atoms with E-state index < -0.39 is 0 Å². The Bertz CT molecular complexity index is 673. The smallest absolute Gasteiger partial charge is 0.226 e. The third kappa shape index (κ3) is 4.20. The number of hydrogen-bond donors (Lipinski definition) is 0. The van der Waals surface area contributed by atoms with Gasteiger partial charge >= 0.3 is 0 Å². The third-order valence-corrected chi connectivity index (χ3v) is 4.42. The predicted molar refractivity (Wildman–Crippen MR) is 91.5 cm³/mol. The summed E-state index contributed by atoms with van der Waals surface area (Å²) in [5, 5.41) is 4.03. The lowest BCUT2D eigenvalue weighted by Crippen LogP contribution is -2.47. The van der Waals surface area contributed by atoms with Crippen molar-refractivity contribution in [2.24, 2.45) is 0 Å². The van der Waals surface area contributed by atoms with Crippen molar-refractivity contribution in [1.29, 1.82) is 0 Å². The second kappa shape index (κ2) is 7.57. The van der Waals surface area contributed by atoms with Gasteiger partial charge in [0.2, 0.25) is 17.6 Å². The van der Waals surface area contributed by atoms with E-state index in [0.29, 0.717) is 24.6 Å². The van der Waals surface area contributed by atoms with Gasteiger partial charge in [-0.2, -0.15) is 4.98 Å². The molecule has 6 nitrogen and oxygen atoms in total. The molecular weight excluding hydrogens is 304 g/mol. The minimum Gasteiger partial charge on any atom is -0.340 e. The van der Waals surface area contributed by atoms with Crippen molar-refractivity contribution in [3.8, 4) is 11.4 Å². The van der Waals surface area contributed by atoms with Crippen molar-refractivity contribution in [3.63, 3.8) is 0 Å². The summed E-state index contributed by atoms with van der Waals surface area (Å²) in [4.78, 5) is 20.8. The number of aryl methyl sites for hydroxylation is 2. The Morgan fingerprint density at radius 3 is 2.58 bits per heavy atom. The maximum Gasteiger partial charge on any atom is 0.226 e. The summed E-state index contributed by atoms with van der Waals surface area (Å²) in [5.41, 5.74) is 2.15. The summed E-state index contributed by atoms with van der Waals surface area (Å²) < 4.78 is 5.30. The number of aromatic nitrogens is 2. The summed E-state index contributed by atoms with van der Waals surface area (Å²) in [7, 11) is 2.09. The van der Waals surface area contributed by atoms with E-state index in [1.807, 2.05) is 36.1 Å². The number of likely N-dealkylation sites (N-methyl/N-ethyl adjacent to an activating group) is 1. The van der Waals surface area contributed by atoms with Crippen LogP contribution in [0.25, 0.3) is 11.4 Å². The topological polar surface area (TPSA) is 62.5 Å². The standard InChI is InChI=1S/C18H24N4O2/c1-14-6-8-15(9-7-14)18-19-16(24-20-18)4-3-5-17(23)22-12-10-21(2)11-13-22/h6-9H,3-5,10-13H2,1-2H3. The molecule has 0 radical (unpaired) electrons. The minimum absolute atomic E-state index is 0.223. The van der Waals surface area contributed by atoms with Crippen molar-refractivity contribution in [1.82, 2.24) is 19.9 Å². The number of carbonyl (C=O) groups excluding carboxylic acids is 1. The number of piperazine rings is 1. The van der Waals surface area contributed by atoms with Crippen LogP contribution in [-0.2, 0) is 11.2 Å². The molecule has 2 heterocycles. The van der Waals surface area contributed by atoms with Crippen LogP contribution in [0.2, 0.25) is 0 Å². The molecule has 0 atom stereocenters. The molecule has 24 heavy (non-hydrogen) atoms. The van der Waals surface area contributed by atoms with Crippen LogP contribution in [0.3, 0.4) is 0 Å². The molecule has 1 aromatic carbocycles. The highest BCUT2D eigenvalue weighted by Crippen LogP contribution is 2.17. The maximum atomic E-state index is 12.2. The van der Waals surface area contributed by atoms with E-state index in [4.69, 9.17) is 4.52 Å². The molecule has 2 aromatic rings. The molecule has 0 bridgehead atoms. The normalized spacial score (nSPS) is 15.7. The van der Waals surface area contributed by atoms with E-state index in [1.54, 1.807) is 0 Å². The Morgan fingerprint density at radius 2 is 1.88 bits per heavy atom. The summed E-state index contributed by atoms with van der Waals surface area (Å²) in [5.74, 6) is 1.42. The molecular formula is C18H24N4O2. The molecule has 0 spiro atoms. The van der Waals surface area contributed by atoms with Crippen LogP contribution in [0.5, 0.6) is 0 Å². The van der Waals surface area contributed by atoms with Crippen molar-refractivity contribution in [3.05, 3.63) is 35.7 Å². The SMILES string of the molecule is Cc1ccc(-c2noc(CCCC(=O)N3CCN(C)CC3)n2)cc1. The number of nitrogens with zero attached hydrogens (tertiary/aromatic N) is 4. The van der Waals surface area contributed by atoms with Crippen molar-refractivity contribution >= 4 is 5.91 Å². The van der Waals surface area contributed by atoms with Gasteiger partial charge in [-0.25, -0.2) is 0 Å². The highest BCUT2D eigenvalue weighted by atomic mass is 16.5. The Balaban J connectivity index is 1.47. The molecule has 0 N–H and O–H groups in total. The quantitative estimate of drug-likeness (QED) is 0.841. The van der Waals surface area contributed by atoms with Gasteiger partial charge in [-0.05, 0) is 20.4 Å². The van der Waals surface area contributed by atoms with Gasteiger partial charge in [0.1, 0.15) is 0 Å². The molecule has 0 saturated carbocycles. The van der Waals surface area contributed by atoms with Gasteiger partial charge in [0.05, 0.1) is 0 Å². The number of hydrogen-bond acceptors (Lipinski definition) is 5. The van der Waals surface area contributed by atoms with Gasteiger partial charge in [0, 0.05) is 44.6 Å². The average Bonchev–Trinajstić information content (AvgIpc) is 3.05. The Kier molecular flexibility index (Phi) is 5.25. The fraction of sp³-hybridized carbons (Fsp3) is 0.500. The fourth-order valence-corrected chi connectivity index (χ4v) is 2.78. The molecule has 1 amide bonds. The first kappa shape index (κ1) is 16.6. The van der Waals surface area contributed by atoms with Gasteiger partial charge in [0.15, 0.2) is 0 Å². The number of benzene rings is 1. The summed E-state index contributed by atoms with van der Waals surface area (Å²) in [6.45, 7) is 5.61. The monoisotopic (exact) mass is 328 g/mol. The highest BCUT2D eigenvalue weighted by molar-refractivity contribution is 5.76. The largest absolute Gasteiger partial charge is 0.340 e. The zero-order valence-corrected chi connectivity index (χ0v) is 14.4. The molecule has 1 fully saturated rings. The van der Waals surface area contributed by atoms with Crippen LogP contribution in [-0.4, -0.2) is 59.1 Å². The lowest BCUT2D eigenvalue weighted by Gasteiger charge is -2.32. The number of amides is 1. The van der Waals surface area contributed by atoms with Crippen LogP contribution < -0.4 is 0 Å². The number of rotatable bonds is 5. The van der Waals surface area contributed by atoms with Crippen LogP contribution in [0.15, 0.2) is 28.8 Å². The second-order valence-corrected chi connectivity index (χ2v) is 6.42. The van der Waals surface area contributed by atoms with Gasteiger partial charge in [-0.15, -0.1) is 0 Å².